The molecule has 1 heterocycles. The second-order valence-corrected chi connectivity index (χ2v) is 2.92. The first-order valence-electron chi connectivity index (χ1n) is 4.35. The van der Waals surface area contributed by atoms with Crippen molar-refractivity contribution in [2.24, 2.45) is 0 Å². The van der Waals surface area contributed by atoms with E-state index in [4.69, 9.17) is 0 Å². The van der Waals surface area contributed by atoms with Crippen LogP contribution in [0.3, 0.4) is 0 Å². The van der Waals surface area contributed by atoms with Crippen LogP contribution in [0.15, 0.2) is 30.5 Å². The molecule has 0 radical (unpaired) electrons. The fraction of sp³-hybridized carbons (Fsp3) is 0.364. The van der Waals surface area contributed by atoms with Crippen LogP contribution in [0.2, 0.25) is 0 Å². The molecule has 0 aromatic carbocycles. The molecule has 0 saturated heterocycles. The smallest absolute Gasteiger partial charge is 0.0372 e. The molecule has 0 bridgehead atoms. The molecular weight excluding hydrogens is 146 g/mol. The number of pyridine rings is 1. The number of rotatable bonds is 3. The average molecular weight is 161 g/mol. The number of hydrogen-bond acceptors (Lipinski definition) is 1. The van der Waals surface area contributed by atoms with Crippen molar-refractivity contribution in [3.63, 3.8) is 0 Å². The zero-order valence-electron chi connectivity index (χ0n) is 7.75. The largest absolute Gasteiger partial charge is 0.261 e. The van der Waals surface area contributed by atoms with Crippen LogP contribution in [0.25, 0.3) is 0 Å². The van der Waals surface area contributed by atoms with Crippen LogP contribution in [0.4, 0.5) is 0 Å². The molecule has 0 spiro atoms. The molecule has 1 heteroatoms. The van der Waals surface area contributed by atoms with Gasteiger partial charge in [0.05, 0.1) is 0 Å². The van der Waals surface area contributed by atoms with Gasteiger partial charge in [-0.1, -0.05) is 18.2 Å². The van der Waals surface area contributed by atoms with Crippen molar-refractivity contribution >= 4 is 0 Å². The number of hydrogen-bond donors (Lipinski definition) is 0. The third kappa shape index (κ3) is 2.87. The lowest BCUT2D eigenvalue weighted by Crippen LogP contribution is -1.86. The molecule has 0 N–H and O–H groups in total. The lowest BCUT2D eigenvalue weighted by atomic mass is 10.1. The molecule has 1 aromatic rings. The van der Waals surface area contributed by atoms with Crippen molar-refractivity contribution in [1.29, 1.82) is 0 Å². The summed E-state index contributed by atoms with van der Waals surface area (Å²) in [6, 6.07) is 4.21. The maximum absolute atomic E-state index is 4.23. The van der Waals surface area contributed by atoms with Gasteiger partial charge in [-0.25, -0.2) is 0 Å². The zero-order valence-corrected chi connectivity index (χ0v) is 7.75. The Bertz CT molecular complexity index is 246. The van der Waals surface area contributed by atoms with Gasteiger partial charge in [0.25, 0.3) is 0 Å². The molecule has 64 valence electrons. The van der Waals surface area contributed by atoms with Crippen molar-refractivity contribution in [2.45, 2.75) is 26.7 Å². The third-order valence-corrected chi connectivity index (χ3v) is 1.81. The quantitative estimate of drug-likeness (QED) is 0.621. The van der Waals surface area contributed by atoms with Gasteiger partial charge in [-0.05, 0) is 38.3 Å². The van der Waals surface area contributed by atoms with E-state index in [1.54, 1.807) is 0 Å². The highest BCUT2D eigenvalue weighted by Crippen LogP contribution is 2.02. The van der Waals surface area contributed by atoms with Crippen LogP contribution in [0.1, 0.15) is 24.6 Å². The summed E-state index contributed by atoms with van der Waals surface area (Å²) >= 11 is 0. The van der Waals surface area contributed by atoms with Gasteiger partial charge in [-0.2, -0.15) is 0 Å². The molecule has 0 atom stereocenters. The van der Waals surface area contributed by atoms with Crippen LogP contribution in [-0.2, 0) is 6.42 Å². The zero-order chi connectivity index (χ0) is 8.81. The van der Waals surface area contributed by atoms with E-state index in [0.717, 1.165) is 18.5 Å². The van der Waals surface area contributed by atoms with Gasteiger partial charge in [0.1, 0.15) is 0 Å². The minimum atomic E-state index is 1.09. The molecule has 12 heavy (non-hydrogen) atoms. The third-order valence-electron chi connectivity index (χ3n) is 1.81. The monoisotopic (exact) mass is 161 g/mol. The predicted octanol–water partition coefficient (Wildman–Crippen LogP) is 2.90. The van der Waals surface area contributed by atoms with Crippen LogP contribution in [-0.4, -0.2) is 4.98 Å². The summed E-state index contributed by atoms with van der Waals surface area (Å²) in [7, 11) is 0. The number of aromatic nitrogens is 1. The lowest BCUT2D eigenvalue weighted by molar-refractivity contribution is 0.978. The predicted molar refractivity (Wildman–Crippen MR) is 52.1 cm³/mol. The lowest BCUT2D eigenvalue weighted by Gasteiger charge is -1.97. The highest BCUT2D eigenvalue weighted by molar-refractivity contribution is 5.13. The highest BCUT2D eigenvalue weighted by Gasteiger charge is 1.90. The minimum Gasteiger partial charge on any atom is -0.261 e. The second kappa shape index (κ2) is 4.70. The molecule has 0 aliphatic heterocycles. The summed E-state index contributed by atoms with van der Waals surface area (Å²) in [6.45, 7) is 4.06. The van der Waals surface area contributed by atoms with Crippen LogP contribution in [0.5, 0.6) is 0 Å². The van der Waals surface area contributed by atoms with Gasteiger partial charge in [0, 0.05) is 11.9 Å². The van der Waals surface area contributed by atoms with Crippen molar-refractivity contribution in [2.75, 3.05) is 0 Å². The van der Waals surface area contributed by atoms with E-state index in [-0.39, 0.29) is 0 Å². The summed E-state index contributed by atoms with van der Waals surface area (Å²) in [4.78, 5) is 4.23. The molecule has 0 unspecified atom stereocenters. The highest BCUT2D eigenvalue weighted by atomic mass is 14.6. The molecule has 1 nitrogen and oxygen atoms in total. The first-order valence-corrected chi connectivity index (χ1v) is 4.35. The van der Waals surface area contributed by atoms with E-state index in [1.807, 2.05) is 20.0 Å². The molecule has 0 amide bonds. The molecule has 0 aliphatic rings. The fourth-order valence-electron chi connectivity index (χ4n) is 1.06. The van der Waals surface area contributed by atoms with E-state index in [2.05, 4.69) is 29.3 Å². The van der Waals surface area contributed by atoms with Gasteiger partial charge >= 0.3 is 0 Å². The van der Waals surface area contributed by atoms with Crippen molar-refractivity contribution in [1.82, 2.24) is 4.98 Å². The fourth-order valence-corrected chi connectivity index (χ4v) is 1.06. The SMILES string of the molecule is C/C=C\CCc1ccc(C)nc1. The Kier molecular flexibility index (Phi) is 3.52. The Hall–Kier alpha value is -1.11. The Morgan fingerprint density at radius 2 is 2.25 bits per heavy atom. The summed E-state index contributed by atoms with van der Waals surface area (Å²) in [5, 5.41) is 0. The van der Waals surface area contributed by atoms with Crippen molar-refractivity contribution in [3.8, 4) is 0 Å². The van der Waals surface area contributed by atoms with Gasteiger partial charge in [-0.3, -0.25) is 4.98 Å². The summed E-state index contributed by atoms with van der Waals surface area (Å²) in [5.74, 6) is 0. The second-order valence-electron chi connectivity index (χ2n) is 2.92. The Labute approximate surface area is 74.2 Å². The standard InChI is InChI=1S/C11H15N/c1-3-4-5-6-11-8-7-10(2)12-9-11/h3-4,7-9H,5-6H2,1-2H3/b4-3-. The summed E-state index contributed by atoms with van der Waals surface area (Å²) in [5.41, 5.74) is 2.41. The molecule has 0 saturated carbocycles. The maximum Gasteiger partial charge on any atom is 0.0372 e. The van der Waals surface area contributed by atoms with E-state index in [0.29, 0.717) is 0 Å². The van der Waals surface area contributed by atoms with Gasteiger partial charge in [-0.15, -0.1) is 0 Å². The molecule has 1 aromatic heterocycles. The molecular formula is C11H15N. The van der Waals surface area contributed by atoms with Crippen molar-refractivity contribution in [3.05, 3.63) is 41.7 Å². The summed E-state index contributed by atoms with van der Waals surface area (Å²) in [6.07, 6.45) is 8.43. The average Bonchev–Trinajstić information content (AvgIpc) is 2.09. The topological polar surface area (TPSA) is 12.9 Å². The molecule has 0 aliphatic carbocycles. The Morgan fingerprint density at radius 3 is 2.83 bits per heavy atom. The van der Waals surface area contributed by atoms with E-state index in [1.165, 1.54) is 5.56 Å². The van der Waals surface area contributed by atoms with E-state index >= 15 is 0 Å². The van der Waals surface area contributed by atoms with Gasteiger partial charge in [0.2, 0.25) is 0 Å². The normalized spacial score (nSPS) is 10.8. The Balaban J connectivity index is 2.47. The number of allylic oxidation sites excluding steroid dienone is 2. The van der Waals surface area contributed by atoms with E-state index < -0.39 is 0 Å². The van der Waals surface area contributed by atoms with Gasteiger partial charge in [0.15, 0.2) is 0 Å². The summed E-state index contributed by atoms with van der Waals surface area (Å²) < 4.78 is 0. The Morgan fingerprint density at radius 1 is 1.42 bits per heavy atom. The van der Waals surface area contributed by atoms with E-state index in [9.17, 15) is 0 Å². The van der Waals surface area contributed by atoms with Crippen LogP contribution < -0.4 is 0 Å². The molecule has 1 rings (SSSR count). The first kappa shape index (κ1) is 8.98. The van der Waals surface area contributed by atoms with Crippen LogP contribution in [0, 0.1) is 6.92 Å². The number of aryl methyl sites for hydroxylation is 2. The van der Waals surface area contributed by atoms with Crippen molar-refractivity contribution < 1.29 is 0 Å². The first-order chi connectivity index (χ1) is 5.83. The number of nitrogens with zero attached hydrogens (tertiary/aromatic N) is 1. The van der Waals surface area contributed by atoms with Crippen LogP contribution >= 0.6 is 0 Å². The maximum atomic E-state index is 4.23. The minimum absolute atomic E-state index is 1.09. The van der Waals surface area contributed by atoms with Gasteiger partial charge < -0.3 is 0 Å². The molecule has 0 fully saturated rings.